The van der Waals surface area contributed by atoms with Crippen molar-refractivity contribution < 1.29 is 0 Å². The molecule has 1 fully saturated rings. The second kappa shape index (κ2) is 5.61. The molecule has 0 bridgehead atoms. The fourth-order valence-electron chi connectivity index (χ4n) is 2.82. The maximum Gasteiger partial charge on any atom is 0.147 e. The van der Waals surface area contributed by atoms with E-state index in [1.807, 2.05) is 11.7 Å². The number of nitrogens with two attached hydrogens (primary N) is 1. The van der Waals surface area contributed by atoms with Gasteiger partial charge in [0.25, 0.3) is 0 Å². The third kappa shape index (κ3) is 2.46. The van der Waals surface area contributed by atoms with E-state index in [1.54, 1.807) is 0 Å². The quantitative estimate of drug-likeness (QED) is 0.832. The number of nitrogens with zero attached hydrogens (tertiary/aromatic N) is 3. The lowest BCUT2D eigenvalue weighted by atomic mass is 10.2. The number of nitrogens with one attached hydrogen (secondary N) is 1. The van der Waals surface area contributed by atoms with Crippen molar-refractivity contribution in [1.82, 2.24) is 14.7 Å². The monoisotopic (exact) mass is 251 g/mol. The van der Waals surface area contributed by atoms with E-state index in [0.717, 1.165) is 36.7 Å². The Morgan fingerprint density at radius 1 is 1.44 bits per heavy atom. The summed E-state index contributed by atoms with van der Waals surface area (Å²) in [5.41, 5.74) is 7.90. The molecule has 1 aromatic heterocycles. The third-order valence-corrected chi connectivity index (χ3v) is 3.91. The van der Waals surface area contributed by atoms with Crippen LogP contribution in [0.3, 0.4) is 0 Å². The van der Waals surface area contributed by atoms with Crippen molar-refractivity contribution in [3.63, 3.8) is 0 Å². The van der Waals surface area contributed by atoms with E-state index in [4.69, 9.17) is 5.73 Å². The topological polar surface area (TPSA) is 59.1 Å². The van der Waals surface area contributed by atoms with Crippen LogP contribution in [-0.4, -0.2) is 40.4 Å². The largest absolute Gasteiger partial charge is 0.394 e. The summed E-state index contributed by atoms with van der Waals surface area (Å²) in [5.74, 6) is 0.967. The van der Waals surface area contributed by atoms with Gasteiger partial charge in [-0.25, -0.2) is 0 Å². The second-order valence-corrected chi connectivity index (χ2v) is 4.99. The first-order valence-corrected chi connectivity index (χ1v) is 6.96. The molecule has 1 aliphatic rings. The van der Waals surface area contributed by atoms with Crippen LogP contribution in [0.5, 0.6) is 0 Å². The SMILES string of the molecule is CCc1nn(C)c(NCC2CCCN2CC)c1N. The van der Waals surface area contributed by atoms with E-state index < -0.39 is 0 Å². The van der Waals surface area contributed by atoms with Crippen molar-refractivity contribution in [3.05, 3.63) is 5.69 Å². The molecule has 0 amide bonds. The van der Waals surface area contributed by atoms with E-state index in [-0.39, 0.29) is 0 Å². The summed E-state index contributed by atoms with van der Waals surface area (Å²) in [6.07, 6.45) is 3.46. The molecule has 5 heteroatoms. The summed E-state index contributed by atoms with van der Waals surface area (Å²) < 4.78 is 1.86. The summed E-state index contributed by atoms with van der Waals surface area (Å²) >= 11 is 0. The van der Waals surface area contributed by atoms with Gasteiger partial charge in [-0.1, -0.05) is 13.8 Å². The molecule has 3 N–H and O–H groups in total. The van der Waals surface area contributed by atoms with E-state index in [9.17, 15) is 0 Å². The van der Waals surface area contributed by atoms with Gasteiger partial charge in [0.15, 0.2) is 0 Å². The van der Waals surface area contributed by atoms with Crippen LogP contribution < -0.4 is 11.1 Å². The van der Waals surface area contributed by atoms with Crippen molar-refractivity contribution in [3.8, 4) is 0 Å². The molecule has 1 atom stereocenters. The van der Waals surface area contributed by atoms with Gasteiger partial charge in [0.2, 0.25) is 0 Å². The minimum atomic E-state index is 0.634. The molecule has 1 aromatic rings. The molecule has 0 aromatic carbocycles. The molecule has 1 unspecified atom stereocenters. The number of likely N-dealkylation sites (N-methyl/N-ethyl adjacent to an activating group) is 1. The van der Waals surface area contributed by atoms with Crippen LogP contribution in [0.25, 0.3) is 0 Å². The summed E-state index contributed by atoms with van der Waals surface area (Å²) in [7, 11) is 1.95. The molecule has 0 aliphatic carbocycles. The second-order valence-electron chi connectivity index (χ2n) is 4.99. The summed E-state index contributed by atoms with van der Waals surface area (Å²) in [6, 6.07) is 0.634. The molecule has 5 nitrogen and oxygen atoms in total. The first kappa shape index (κ1) is 13.2. The Labute approximate surface area is 109 Å². The molecular formula is C13H25N5. The first-order valence-electron chi connectivity index (χ1n) is 6.96. The highest BCUT2D eigenvalue weighted by Gasteiger charge is 2.23. The zero-order chi connectivity index (χ0) is 13.1. The maximum atomic E-state index is 6.11. The molecular weight excluding hydrogens is 226 g/mol. The van der Waals surface area contributed by atoms with Crippen molar-refractivity contribution >= 4 is 11.5 Å². The van der Waals surface area contributed by atoms with Gasteiger partial charge in [0.1, 0.15) is 5.82 Å². The summed E-state index contributed by atoms with van der Waals surface area (Å²) in [4.78, 5) is 2.53. The van der Waals surface area contributed by atoms with Crippen LogP contribution in [0.2, 0.25) is 0 Å². The van der Waals surface area contributed by atoms with Crippen molar-refractivity contribution in [1.29, 1.82) is 0 Å². The number of hydrogen-bond acceptors (Lipinski definition) is 4. The highest BCUT2D eigenvalue weighted by molar-refractivity contribution is 5.65. The standard InChI is InChI=1S/C13H25N5/c1-4-11-12(14)13(17(3)16-11)15-9-10-7-6-8-18(10)5-2/h10,15H,4-9,14H2,1-3H3. The zero-order valence-electron chi connectivity index (χ0n) is 11.7. The Morgan fingerprint density at radius 3 is 2.83 bits per heavy atom. The highest BCUT2D eigenvalue weighted by Crippen LogP contribution is 2.23. The van der Waals surface area contributed by atoms with Crippen LogP contribution >= 0.6 is 0 Å². The fourth-order valence-corrected chi connectivity index (χ4v) is 2.82. The molecule has 0 saturated carbocycles. The smallest absolute Gasteiger partial charge is 0.147 e. The molecule has 0 radical (unpaired) electrons. The van der Waals surface area contributed by atoms with Crippen LogP contribution in [0.4, 0.5) is 11.5 Å². The van der Waals surface area contributed by atoms with Crippen LogP contribution in [0.1, 0.15) is 32.4 Å². The van der Waals surface area contributed by atoms with E-state index in [0.29, 0.717) is 6.04 Å². The average Bonchev–Trinajstić information content (AvgIpc) is 2.92. The van der Waals surface area contributed by atoms with Crippen LogP contribution in [0, 0.1) is 0 Å². The maximum absolute atomic E-state index is 6.11. The molecule has 102 valence electrons. The molecule has 1 aliphatic heterocycles. The Bertz CT molecular complexity index is 398. The van der Waals surface area contributed by atoms with Gasteiger partial charge in [-0.15, -0.1) is 0 Å². The number of aryl methyl sites for hydroxylation is 2. The first-order chi connectivity index (χ1) is 8.67. The predicted molar refractivity (Wildman–Crippen MR) is 75.8 cm³/mol. The Morgan fingerprint density at radius 2 is 2.22 bits per heavy atom. The molecule has 2 heterocycles. The number of anilines is 2. The number of likely N-dealkylation sites (tertiary alicyclic amines) is 1. The predicted octanol–water partition coefficient (Wildman–Crippen LogP) is 1.46. The Hall–Kier alpha value is -1.23. The zero-order valence-corrected chi connectivity index (χ0v) is 11.7. The lowest BCUT2D eigenvalue weighted by Crippen LogP contribution is -2.35. The summed E-state index contributed by atoms with van der Waals surface area (Å²) in [5, 5.41) is 7.90. The average molecular weight is 251 g/mol. The van der Waals surface area contributed by atoms with Gasteiger partial charge in [0, 0.05) is 19.6 Å². The normalized spacial score (nSPS) is 20.5. The lowest BCUT2D eigenvalue weighted by Gasteiger charge is -2.23. The van der Waals surface area contributed by atoms with E-state index in [2.05, 4.69) is 29.2 Å². The Kier molecular flexibility index (Phi) is 4.11. The highest BCUT2D eigenvalue weighted by atomic mass is 15.3. The van der Waals surface area contributed by atoms with Gasteiger partial charge < -0.3 is 11.1 Å². The lowest BCUT2D eigenvalue weighted by molar-refractivity contribution is 0.277. The van der Waals surface area contributed by atoms with Gasteiger partial charge in [-0.2, -0.15) is 5.10 Å². The van der Waals surface area contributed by atoms with Gasteiger partial charge in [-0.05, 0) is 32.4 Å². The van der Waals surface area contributed by atoms with Gasteiger partial charge in [-0.3, -0.25) is 9.58 Å². The van der Waals surface area contributed by atoms with Crippen molar-refractivity contribution in [2.45, 2.75) is 39.2 Å². The van der Waals surface area contributed by atoms with E-state index in [1.165, 1.54) is 19.4 Å². The Balaban J connectivity index is 1.99. The minimum absolute atomic E-state index is 0.634. The number of aromatic nitrogens is 2. The molecule has 2 rings (SSSR count). The number of rotatable bonds is 5. The fraction of sp³-hybridized carbons (Fsp3) is 0.769. The summed E-state index contributed by atoms with van der Waals surface area (Å²) in [6.45, 7) is 7.63. The number of nitrogen functional groups attached to an aromatic ring is 1. The third-order valence-electron chi connectivity index (χ3n) is 3.91. The van der Waals surface area contributed by atoms with Crippen LogP contribution in [-0.2, 0) is 13.5 Å². The van der Waals surface area contributed by atoms with Crippen molar-refractivity contribution in [2.24, 2.45) is 7.05 Å². The molecule has 18 heavy (non-hydrogen) atoms. The van der Waals surface area contributed by atoms with E-state index >= 15 is 0 Å². The van der Waals surface area contributed by atoms with Crippen molar-refractivity contribution in [2.75, 3.05) is 30.7 Å². The van der Waals surface area contributed by atoms with Gasteiger partial charge in [0.05, 0.1) is 11.4 Å². The number of hydrogen-bond donors (Lipinski definition) is 2. The minimum Gasteiger partial charge on any atom is -0.394 e. The van der Waals surface area contributed by atoms with Gasteiger partial charge >= 0.3 is 0 Å². The molecule has 1 saturated heterocycles. The van der Waals surface area contributed by atoms with Crippen LogP contribution in [0.15, 0.2) is 0 Å². The molecule has 0 spiro atoms.